The number of carbonyl (C=O) groups excluding carboxylic acids is 2. The molecule has 3 aromatic rings. The van der Waals surface area contributed by atoms with Gasteiger partial charge in [-0.3, -0.25) is 24.2 Å². The summed E-state index contributed by atoms with van der Waals surface area (Å²) in [5.41, 5.74) is 0.951. The van der Waals surface area contributed by atoms with E-state index in [0.29, 0.717) is 17.1 Å². The maximum atomic E-state index is 13.2. The van der Waals surface area contributed by atoms with Crippen LogP contribution < -0.4 is 18.9 Å². The van der Waals surface area contributed by atoms with Crippen molar-refractivity contribution >= 4 is 27.5 Å². The number of sulfonamides is 1. The predicted octanol–water partition coefficient (Wildman–Crippen LogP) is 2.70. The molecule has 1 aliphatic heterocycles. The molecule has 1 N–H and O–H groups in total. The number of pyridine rings is 1. The van der Waals surface area contributed by atoms with Gasteiger partial charge in [0.1, 0.15) is 16.3 Å². The topological polar surface area (TPSA) is 124 Å². The molecule has 0 spiro atoms. The van der Waals surface area contributed by atoms with Crippen molar-refractivity contribution in [3.05, 3.63) is 71.5 Å². The van der Waals surface area contributed by atoms with E-state index < -0.39 is 21.8 Å². The number of benzene rings is 2. The highest BCUT2D eigenvalue weighted by Gasteiger charge is 2.36. The molecule has 0 saturated carbocycles. The summed E-state index contributed by atoms with van der Waals surface area (Å²) in [7, 11) is 0.155. The van der Waals surface area contributed by atoms with Gasteiger partial charge in [-0.25, -0.2) is 8.42 Å². The van der Waals surface area contributed by atoms with E-state index in [9.17, 15) is 18.0 Å². The van der Waals surface area contributed by atoms with E-state index in [1.165, 1.54) is 57.9 Å². The van der Waals surface area contributed by atoms with Gasteiger partial charge in [0.05, 0.1) is 39.1 Å². The number of fused-ring (bicyclic) bond motifs is 1. The predicted molar refractivity (Wildman–Crippen MR) is 122 cm³/mol. The fourth-order valence-electron chi connectivity index (χ4n) is 3.58. The van der Waals surface area contributed by atoms with Crippen molar-refractivity contribution < 1.29 is 32.2 Å². The average Bonchev–Trinajstić information content (AvgIpc) is 3.08. The van der Waals surface area contributed by atoms with Gasteiger partial charge in [-0.05, 0) is 42.0 Å². The lowest BCUT2D eigenvalue weighted by molar-refractivity contribution is 0.0640. The molecule has 2 heterocycles. The van der Waals surface area contributed by atoms with Crippen LogP contribution in [0.2, 0.25) is 0 Å². The second kappa shape index (κ2) is 9.02. The number of hydrogen-bond donors (Lipinski definition) is 1. The fourth-order valence-corrected chi connectivity index (χ4v) is 4.85. The Hall–Kier alpha value is -4.12. The molecular weight excluding hydrogens is 462 g/mol. The molecule has 0 bridgehead atoms. The summed E-state index contributed by atoms with van der Waals surface area (Å²) >= 11 is 0. The van der Waals surface area contributed by atoms with E-state index in [1.807, 2.05) is 0 Å². The van der Waals surface area contributed by atoms with Crippen molar-refractivity contribution in [3.63, 3.8) is 0 Å². The molecule has 0 fully saturated rings. The minimum atomic E-state index is -4.11. The molecule has 176 valence electrons. The number of methoxy groups -OCH3 is 3. The van der Waals surface area contributed by atoms with Crippen LogP contribution >= 0.6 is 0 Å². The van der Waals surface area contributed by atoms with Crippen LogP contribution in [-0.2, 0) is 16.6 Å². The fraction of sp³-hybridized carbons (Fsp3) is 0.174. The van der Waals surface area contributed by atoms with Crippen molar-refractivity contribution in [1.82, 2.24) is 9.88 Å². The van der Waals surface area contributed by atoms with E-state index in [4.69, 9.17) is 14.2 Å². The Morgan fingerprint density at radius 3 is 2.26 bits per heavy atom. The molecule has 2 aromatic carbocycles. The summed E-state index contributed by atoms with van der Waals surface area (Å²) in [6.07, 6.45) is 1.44. The SMILES string of the molecule is COc1ccc(NS(=O)(=O)c2cc(CN3C(=O)c4cccnc4C3=O)ccc2OC)cc1OC. The number of anilines is 1. The Morgan fingerprint density at radius 2 is 1.59 bits per heavy atom. The molecule has 1 aliphatic rings. The highest BCUT2D eigenvalue weighted by molar-refractivity contribution is 7.92. The number of imide groups is 1. The molecule has 0 radical (unpaired) electrons. The summed E-state index contributed by atoms with van der Waals surface area (Å²) in [4.78, 5) is 30.1. The number of carbonyl (C=O) groups is 2. The van der Waals surface area contributed by atoms with Crippen LogP contribution in [0.4, 0.5) is 5.69 Å². The highest BCUT2D eigenvalue weighted by atomic mass is 32.2. The molecular formula is C23H21N3O7S. The first-order chi connectivity index (χ1) is 16.3. The summed E-state index contributed by atoms with van der Waals surface area (Å²) in [6.45, 7) is -0.128. The van der Waals surface area contributed by atoms with Crippen LogP contribution in [0.25, 0.3) is 0 Å². The Balaban J connectivity index is 1.64. The van der Waals surface area contributed by atoms with Crippen molar-refractivity contribution in [2.75, 3.05) is 26.1 Å². The van der Waals surface area contributed by atoms with Crippen LogP contribution in [-0.4, -0.2) is 51.4 Å². The zero-order chi connectivity index (χ0) is 24.5. The first-order valence-corrected chi connectivity index (χ1v) is 11.5. The molecule has 0 atom stereocenters. The molecule has 10 nitrogen and oxygen atoms in total. The molecule has 2 amide bonds. The Bertz CT molecular complexity index is 1350. The van der Waals surface area contributed by atoms with Crippen LogP contribution in [0, 0.1) is 0 Å². The van der Waals surface area contributed by atoms with Crippen molar-refractivity contribution in [2.24, 2.45) is 0 Å². The minimum Gasteiger partial charge on any atom is -0.495 e. The molecule has 4 rings (SSSR count). The lowest BCUT2D eigenvalue weighted by Gasteiger charge is -2.17. The first-order valence-electron chi connectivity index (χ1n) is 10.0. The number of hydrogen-bond acceptors (Lipinski definition) is 8. The third-order valence-corrected chi connectivity index (χ3v) is 6.63. The Kier molecular flexibility index (Phi) is 6.12. The van der Waals surface area contributed by atoms with E-state index in [0.717, 1.165) is 4.90 Å². The van der Waals surface area contributed by atoms with E-state index in [1.54, 1.807) is 18.2 Å². The smallest absolute Gasteiger partial charge is 0.280 e. The van der Waals surface area contributed by atoms with Crippen LogP contribution in [0.3, 0.4) is 0 Å². The van der Waals surface area contributed by atoms with Crippen LogP contribution in [0.15, 0.2) is 59.6 Å². The maximum absolute atomic E-state index is 13.2. The zero-order valence-corrected chi connectivity index (χ0v) is 19.4. The highest BCUT2D eigenvalue weighted by Crippen LogP contribution is 2.33. The van der Waals surface area contributed by atoms with Gasteiger partial charge < -0.3 is 14.2 Å². The van der Waals surface area contributed by atoms with Crippen molar-refractivity contribution in [3.8, 4) is 17.2 Å². The number of nitrogens with zero attached hydrogens (tertiary/aromatic N) is 2. The minimum absolute atomic E-state index is 0.0731. The number of nitrogens with one attached hydrogen (secondary N) is 1. The van der Waals surface area contributed by atoms with Crippen molar-refractivity contribution in [2.45, 2.75) is 11.4 Å². The molecule has 34 heavy (non-hydrogen) atoms. The van der Waals surface area contributed by atoms with E-state index in [-0.39, 0.29) is 34.1 Å². The van der Waals surface area contributed by atoms with Crippen molar-refractivity contribution in [1.29, 1.82) is 0 Å². The largest absolute Gasteiger partial charge is 0.495 e. The third kappa shape index (κ3) is 4.13. The monoisotopic (exact) mass is 483 g/mol. The van der Waals surface area contributed by atoms with Gasteiger partial charge in [0.25, 0.3) is 21.8 Å². The van der Waals surface area contributed by atoms with Gasteiger partial charge in [0, 0.05) is 12.3 Å². The van der Waals surface area contributed by atoms with E-state index >= 15 is 0 Å². The summed E-state index contributed by atoms with van der Waals surface area (Å²) in [5, 5.41) is 0. The number of amides is 2. The first kappa shape index (κ1) is 23.1. The maximum Gasteiger partial charge on any atom is 0.280 e. The second-order valence-electron chi connectivity index (χ2n) is 7.26. The second-order valence-corrected chi connectivity index (χ2v) is 8.91. The van der Waals surface area contributed by atoms with Gasteiger partial charge >= 0.3 is 0 Å². The lowest BCUT2D eigenvalue weighted by Crippen LogP contribution is -2.29. The molecule has 1 aromatic heterocycles. The number of aromatic nitrogens is 1. The molecule has 11 heteroatoms. The van der Waals surface area contributed by atoms with Gasteiger partial charge in [0.2, 0.25) is 0 Å². The summed E-state index contributed by atoms with van der Waals surface area (Å²) < 4.78 is 44.6. The quantitative estimate of drug-likeness (QED) is 0.485. The average molecular weight is 484 g/mol. The van der Waals surface area contributed by atoms with Gasteiger partial charge in [0.15, 0.2) is 11.5 Å². The van der Waals surface area contributed by atoms with E-state index in [2.05, 4.69) is 9.71 Å². The van der Waals surface area contributed by atoms with Crippen LogP contribution in [0.5, 0.6) is 17.2 Å². The zero-order valence-electron chi connectivity index (χ0n) is 18.6. The third-order valence-electron chi connectivity index (χ3n) is 5.22. The van der Waals surface area contributed by atoms with Crippen LogP contribution in [0.1, 0.15) is 26.4 Å². The standard InChI is InChI=1S/C23H21N3O7S/c1-31-17-9-7-15(12-19(17)33-3)25-34(29,30)20-11-14(6-8-18(20)32-2)13-26-22(27)16-5-4-10-24-21(16)23(26)28/h4-12,25H,13H2,1-3H3. The molecule has 0 unspecified atom stereocenters. The summed E-state index contributed by atoms with van der Waals surface area (Å²) in [5.74, 6) is -0.134. The Morgan fingerprint density at radius 1 is 0.882 bits per heavy atom. The molecule has 0 aliphatic carbocycles. The number of ether oxygens (including phenoxy) is 3. The van der Waals surface area contributed by atoms with Gasteiger partial charge in [-0.15, -0.1) is 0 Å². The Labute approximate surface area is 196 Å². The van der Waals surface area contributed by atoms with Gasteiger partial charge in [-0.2, -0.15) is 0 Å². The van der Waals surface area contributed by atoms with Gasteiger partial charge in [-0.1, -0.05) is 6.07 Å². The molecule has 0 saturated heterocycles. The lowest BCUT2D eigenvalue weighted by atomic mass is 10.2. The normalized spacial score (nSPS) is 13.0. The number of rotatable bonds is 8. The summed E-state index contributed by atoms with van der Waals surface area (Å²) in [6, 6.07) is 12.1.